The molecule has 108 valence electrons. The molecule has 1 heterocycles. The predicted molar refractivity (Wildman–Crippen MR) is 75.5 cm³/mol. The molecule has 0 bridgehead atoms. The summed E-state index contributed by atoms with van der Waals surface area (Å²) in [5, 5.41) is 3.11. The molecule has 2 aromatic rings. The second-order valence-corrected chi connectivity index (χ2v) is 5.58. The van der Waals surface area contributed by atoms with E-state index < -0.39 is 11.7 Å². The Hall–Kier alpha value is -1.27. The lowest BCUT2D eigenvalue weighted by Crippen LogP contribution is -2.08. The summed E-state index contributed by atoms with van der Waals surface area (Å²) in [6.07, 6.45) is -3.62. The molecule has 2 nitrogen and oxygen atoms in total. The number of nitrogens with one attached hydrogen (secondary N) is 1. The molecule has 0 aliphatic rings. The van der Waals surface area contributed by atoms with Gasteiger partial charge in [-0.15, -0.1) is 11.3 Å². The largest absolute Gasteiger partial charge is 0.416 e. The molecule has 0 fully saturated rings. The van der Waals surface area contributed by atoms with Crippen molar-refractivity contribution in [3.05, 3.63) is 44.9 Å². The van der Waals surface area contributed by atoms with Gasteiger partial charge in [0, 0.05) is 17.8 Å². The van der Waals surface area contributed by atoms with Gasteiger partial charge in [-0.25, -0.2) is 4.98 Å². The van der Waals surface area contributed by atoms with Crippen LogP contribution in [0, 0.1) is 6.92 Å². The number of alkyl halides is 3. The molecule has 0 unspecified atom stereocenters. The summed E-state index contributed by atoms with van der Waals surface area (Å²) in [7, 11) is 0. The van der Waals surface area contributed by atoms with Crippen LogP contribution in [0.5, 0.6) is 0 Å². The van der Waals surface area contributed by atoms with Crippen molar-refractivity contribution in [2.75, 3.05) is 11.9 Å². The first-order chi connectivity index (χ1) is 9.38. The highest BCUT2D eigenvalue weighted by molar-refractivity contribution is 7.09. The molecule has 0 aliphatic carbocycles. The lowest BCUT2D eigenvalue weighted by atomic mass is 10.2. The van der Waals surface area contributed by atoms with Crippen LogP contribution in [0.3, 0.4) is 0 Å². The van der Waals surface area contributed by atoms with Gasteiger partial charge in [-0.3, -0.25) is 0 Å². The molecular formula is C13H12ClF3N2S. The minimum atomic E-state index is -4.37. The number of rotatable bonds is 4. The van der Waals surface area contributed by atoms with Crippen molar-refractivity contribution >= 4 is 28.6 Å². The normalized spacial score (nSPS) is 11.7. The molecule has 0 saturated carbocycles. The van der Waals surface area contributed by atoms with E-state index in [0.29, 0.717) is 12.2 Å². The first kappa shape index (κ1) is 15.1. The number of thiazole rings is 1. The Labute approximate surface area is 123 Å². The molecular weight excluding hydrogens is 309 g/mol. The summed E-state index contributed by atoms with van der Waals surface area (Å²) >= 11 is 7.42. The lowest BCUT2D eigenvalue weighted by Gasteiger charge is -2.11. The molecule has 1 aromatic carbocycles. The molecule has 20 heavy (non-hydrogen) atoms. The monoisotopic (exact) mass is 320 g/mol. The second kappa shape index (κ2) is 6.01. The lowest BCUT2D eigenvalue weighted by molar-refractivity contribution is -0.137. The molecule has 0 spiro atoms. The Morgan fingerprint density at radius 2 is 2.10 bits per heavy atom. The van der Waals surface area contributed by atoms with Crippen LogP contribution < -0.4 is 5.32 Å². The molecule has 2 rings (SSSR count). The Morgan fingerprint density at radius 1 is 1.35 bits per heavy atom. The van der Waals surface area contributed by atoms with Crippen LogP contribution in [-0.4, -0.2) is 11.5 Å². The molecule has 0 atom stereocenters. The second-order valence-electron chi connectivity index (χ2n) is 4.23. The third-order valence-electron chi connectivity index (χ3n) is 2.81. The van der Waals surface area contributed by atoms with E-state index in [4.69, 9.17) is 11.6 Å². The third kappa shape index (κ3) is 3.64. The van der Waals surface area contributed by atoms with Crippen molar-refractivity contribution in [2.45, 2.75) is 19.5 Å². The number of halogens is 4. The van der Waals surface area contributed by atoms with E-state index in [-0.39, 0.29) is 5.02 Å². The highest BCUT2D eigenvalue weighted by Gasteiger charge is 2.30. The van der Waals surface area contributed by atoms with Gasteiger partial charge in [0.2, 0.25) is 0 Å². The maximum absolute atomic E-state index is 12.5. The Morgan fingerprint density at radius 3 is 2.65 bits per heavy atom. The van der Waals surface area contributed by atoms with Gasteiger partial charge in [-0.1, -0.05) is 11.6 Å². The van der Waals surface area contributed by atoms with Crippen LogP contribution >= 0.6 is 22.9 Å². The van der Waals surface area contributed by atoms with Crippen molar-refractivity contribution in [3.8, 4) is 0 Å². The Kier molecular flexibility index (Phi) is 4.55. The highest BCUT2D eigenvalue weighted by Crippen LogP contribution is 2.33. The summed E-state index contributed by atoms with van der Waals surface area (Å²) < 4.78 is 37.5. The van der Waals surface area contributed by atoms with Crippen LogP contribution in [0.4, 0.5) is 18.9 Å². The highest BCUT2D eigenvalue weighted by atomic mass is 35.5. The minimum Gasteiger partial charge on any atom is -0.383 e. The van der Waals surface area contributed by atoms with Gasteiger partial charge in [0.05, 0.1) is 27.5 Å². The van der Waals surface area contributed by atoms with E-state index >= 15 is 0 Å². The number of nitrogens with zero attached hydrogens (tertiary/aromatic N) is 1. The molecule has 0 amide bonds. The van der Waals surface area contributed by atoms with E-state index in [1.807, 2.05) is 6.92 Å². The molecule has 1 aromatic heterocycles. The Bertz CT molecular complexity index is 596. The van der Waals surface area contributed by atoms with Crippen molar-refractivity contribution in [2.24, 2.45) is 0 Å². The fraction of sp³-hybridized carbons (Fsp3) is 0.308. The summed E-state index contributed by atoms with van der Waals surface area (Å²) in [6, 6.07) is 3.30. The van der Waals surface area contributed by atoms with Gasteiger partial charge in [0.1, 0.15) is 0 Å². The zero-order valence-corrected chi connectivity index (χ0v) is 12.2. The molecule has 0 aliphatic heterocycles. The number of aromatic nitrogens is 1. The summed E-state index contributed by atoms with van der Waals surface area (Å²) in [5.41, 5.74) is 2.51. The van der Waals surface area contributed by atoms with Crippen LogP contribution in [0.1, 0.15) is 16.1 Å². The van der Waals surface area contributed by atoms with Gasteiger partial charge in [-0.05, 0) is 25.1 Å². The average molecular weight is 321 g/mol. The van der Waals surface area contributed by atoms with Crippen LogP contribution in [0.25, 0.3) is 0 Å². The molecule has 7 heteroatoms. The standard InChI is InChI=1S/C13H12ClF3N2S/c1-8-12(20-7-19-8)4-5-18-11-3-2-9(6-10(11)14)13(15,16)17/h2-3,6-7,18H,4-5H2,1H3. The molecule has 1 N–H and O–H groups in total. The first-order valence-electron chi connectivity index (χ1n) is 5.87. The third-order valence-corrected chi connectivity index (χ3v) is 4.12. The van der Waals surface area contributed by atoms with Gasteiger partial charge < -0.3 is 5.32 Å². The van der Waals surface area contributed by atoms with Crippen molar-refractivity contribution in [1.82, 2.24) is 4.98 Å². The zero-order chi connectivity index (χ0) is 14.8. The van der Waals surface area contributed by atoms with Gasteiger partial charge in [-0.2, -0.15) is 13.2 Å². The SMILES string of the molecule is Cc1ncsc1CCNc1ccc(C(F)(F)F)cc1Cl. The van der Waals surface area contributed by atoms with Crippen LogP contribution in [0.15, 0.2) is 23.7 Å². The summed E-state index contributed by atoms with van der Waals surface area (Å²) in [6.45, 7) is 2.52. The van der Waals surface area contributed by atoms with E-state index in [9.17, 15) is 13.2 Å². The maximum atomic E-state index is 12.5. The number of aryl methyl sites for hydroxylation is 1. The minimum absolute atomic E-state index is 0.0702. The van der Waals surface area contributed by atoms with Gasteiger partial charge in [0.25, 0.3) is 0 Å². The number of benzene rings is 1. The molecule has 0 radical (unpaired) electrons. The molecule has 0 saturated heterocycles. The maximum Gasteiger partial charge on any atom is 0.416 e. The fourth-order valence-corrected chi connectivity index (χ4v) is 2.74. The smallest absolute Gasteiger partial charge is 0.383 e. The van der Waals surface area contributed by atoms with E-state index in [0.717, 1.165) is 29.1 Å². The van der Waals surface area contributed by atoms with E-state index in [2.05, 4.69) is 10.3 Å². The quantitative estimate of drug-likeness (QED) is 0.877. The number of hydrogen-bond donors (Lipinski definition) is 1. The van der Waals surface area contributed by atoms with Gasteiger partial charge >= 0.3 is 6.18 Å². The Balaban J connectivity index is 1.98. The topological polar surface area (TPSA) is 24.9 Å². The van der Waals surface area contributed by atoms with Gasteiger partial charge in [0.15, 0.2) is 0 Å². The van der Waals surface area contributed by atoms with E-state index in [1.165, 1.54) is 6.07 Å². The van der Waals surface area contributed by atoms with Crippen molar-refractivity contribution in [3.63, 3.8) is 0 Å². The van der Waals surface area contributed by atoms with Crippen molar-refractivity contribution in [1.29, 1.82) is 0 Å². The predicted octanol–water partition coefficient (Wildman–Crippen LogP) is 4.78. The number of hydrogen-bond acceptors (Lipinski definition) is 3. The van der Waals surface area contributed by atoms with Crippen LogP contribution in [-0.2, 0) is 12.6 Å². The average Bonchev–Trinajstić information content (AvgIpc) is 2.76. The van der Waals surface area contributed by atoms with Crippen LogP contribution in [0.2, 0.25) is 5.02 Å². The number of anilines is 1. The fourth-order valence-electron chi connectivity index (χ4n) is 1.71. The zero-order valence-electron chi connectivity index (χ0n) is 10.6. The summed E-state index contributed by atoms with van der Waals surface area (Å²) in [5.74, 6) is 0. The summed E-state index contributed by atoms with van der Waals surface area (Å²) in [4.78, 5) is 5.29. The van der Waals surface area contributed by atoms with E-state index in [1.54, 1.807) is 16.8 Å². The first-order valence-corrected chi connectivity index (χ1v) is 7.13. The van der Waals surface area contributed by atoms with Crippen molar-refractivity contribution < 1.29 is 13.2 Å².